The second-order valence-corrected chi connectivity index (χ2v) is 6.97. The van der Waals surface area contributed by atoms with E-state index in [4.69, 9.17) is 16.3 Å². The topological polar surface area (TPSA) is 56.2 Å². The lowest BCUT2D eigenvalue weighted by atomic mass is 9.88. The van der Waals surface area contributed by atoms with Crippen molar-refractivity contribution in [2.45, 2.75) is 18.9 Å². The summed E-state index contributed by atoms with van der Waals surface area (Å²) in [6, 6.07) is 17.4. The van der Waals surface area contributed by atoms with Crippen LogP contribution >= 0.6 is 11.6 Å². The molecule has 5 nitrogen and oxygen atoms in total. The van der Waals surface area contributed by atoms with Gasteiger partial charge in [-0.05, 0) is 30.5 Å². The average molecular weight is 382 g/mol. The van der Waals surface area contributed by atoms with Crippen molar-refractivity contribution in [2.75, 3.05) is 11.9 Å². The zero-order chi connectivity index (χ0) is 18.6. The lowest BCUT2D eigenvalue weighted by Gasteiger charge is -2.31. The van der Waals surface area contributed by atoms with Crippen molar-refractivity contribution in [3.05, 3.63) is 77.6 Å². The van der Waals surface area contributed by atoms with Crippen LogP contribution in [0.25, 0.3) is 5.69 Å². The Balaban J connectivity index is 1.51. The number of ether oxygens (including phenoxy) is 1. The smallest absolute Gasteiger partial charge is 0.230 e. The van der Waals surface area contributed by atoms with Crippen molar-refractivity contribution < 1.29 is 9.53 Å². The largest absolute Gasteiger partial charge is 0.373 e. The van der Waals surface area contributed by atoms with E-state index in [1.165, 1.54) is 0 Å². The first-order valence-electron chi connectivity index (χ1n) is 8.99. The highest BCUT2D eigenvalue weighted by Crippen LogP contribution is 2.34. The summed E-state index contributed by atoms with van der Waals surface area (Å²) in [6.07, 6.45) is 4.84. The fourth-order valence-electron chi connectivity index (χ4n) is 3.41. The van der Waals surface area contributed by atoms with Gasteiger partial charge in [0.25, 0.3) is 0 Å². The predicted molar refractivity (Wildman–Crippen MR) is 105 cm³/mol. The van der Waals surface area contributed by atoms with Gasteiger partial charge in [-0.3, -0.25) is 4.79 Å². The first kappa shape index (κ1) is 17.8. The summed E-state index contributed by atoms with van der Waals surface area (Å²) >= 11 is 6.22. The van der Waals surface area contributed by atoms with Crippen LogP contribution in [0.3, 0.4) is 0 Å². The molecule has 1 saturated heterocycles. The molecular formula is C21H20ClN3O2. The van der Waals surface area contributed by atoms with Crippen LogP contribution in [0.4, 0.5) is 5.69 Å². The molecule has 2 heterocycles. The second-order valence-electron chi connectivity index (χ2n) is 6.57. The highest BCUT2D eigenvalue weighted by atomic mass is 35.5. The van der Waals surface area contributed by atoms with Crippen molar-refractivity contribution in [2.24, 2.45) is 5.92 Å². The number of carbonyl (C=O) groups is 1. The number of rotatable bonds is 4. The van der Waals surface area contributed by atoms with E-state index in [9.17, 15) is 4.79 Å². The van der Waals surface area contributed by atoms with Crippen LogP contribution in [0.15, 0.2) is 67.0 Å². The Kier molecular flexibility index (Phi) is 5.23. The number of halogens is 1. The van der Waals surface area contributed by atoms with Crippen molar-refractivity contribution in [1.82, 2.24) is 9.78 Å². The number of nitrogens with one attached hydrogen (secondary N) is 1. The number of amides is 1. The first-order valence-corrected chi connectivity index (χ1v) is 9.37. The monoisotopic (exact) mass is 381 g/mol. The number of nitrogens with zero attached hydrogens (tertiary/aromatic N) is 2. The highest BCUT2D eigenvalue weighted by Gasteiger charge is 2.33. The van der Waals surface area contributed by atoms with Crippen LogP contribution in [0.1, 0.15) is 24.5 Å². The van der Waals surface area contributed by atoms with E-state index in [0.29, 0.717) is 17.3 Å². The molecule has 0 bridgehead atoms. The van der Waals surface area contributed by atoms with Gasteiger partial charge < -0.3 is 10.1 Å². The Hall–Kier alpha value is -2.63. The molecule has 0 spiro atoms. The van der Waals surface area contributed by atoms with Gasteiger partial charge in [0.2, 0.25) is 5.91 Å². The maximum atomic E-state index is 12.9. The van der Waals surface area contributed by atoms with Gasteiger partial charge in [0, 0.05) is 6.61 Å². The van der Waals surface area contributed by atoms with Crippen molar-refractivity contribution >= 4 is 23.2 Å². The minimum Gasteiger partial charge on any atom is -0.373 e. The van der Waals surface area contributed by atoms with Crippen LogP contribution in [0.2, 0.25) is 5.02 Å². The predicted octanol–water partition coefficient (Wildman–Crippen LogP) is 4.63. The van der Waals surface area contributed by atoms with E-state index in [-0.39, 0.29) is 17.9 Å². The van der Waals surface area contributed by atoms with Gasteiger partial charge in [-0.2, -0.15) is 5.10 Å². The molecule has 1 fully saturated rings. The third-order valence-electron chi connectivity index (χ3n) is 4.74. The number of aromatic nitrogens is 2. The van der Waals surface area contributed by atoms with Gasteiger partial charge in [0.15, 0.2) is 0 Å². The van der Waals surface area contributed by atoms with Gasteiger partial charge in [-0.1, -0.05) is 54.1 Å². The van der Waals surface area contributed by atoms with Crippen LogP contribution in [-0.4, -0.2) is 22.3 Å². The standard InChI is InChI=1S/C21H20ClN3O2/c22-18-10-4-5-11-19(18)25-14-16(13-23-25)24-21(26)17-9-6-12-27-20(17)15-7-2-1-3-8-15/h1-5,7-8,10-11,13-14,17,20H,6,9,12H2,(H,24,26). The molecule has 0 aliphatic carbocycles. The summed E-state index contributed by atoms with van der Waals surface area (Å²) in [5, 5.41) is 7.88. The molecule has 0 saturated carbocycles. The van der Waals surface area contributed by atoms with E-state index >= 15 is 0 Å². The molecule has 0 radical (unpaired) electrons. The average Bonchev–Trinajstić information content (AvgIpc) is 3.17. The Morgan fingerprint density at radius 3 is 2.74 bits per heavy atom. The van der Waals surface area contributed by atoms with E-state index in [1.807, 2.05) is 48.5 Å². The quantitative estimate of drug-likeness (QED) is 0.716. The van der Waals surface area contributed by atoms with Crippen molar-refractivity contribution in [3.8, 4) is 5.69 Å². The number of benzene rings is 2. The molecule has 3 aromatic rings. The first-order chi connectivity index (χ1) is 13.2. The summed E-state index contributed by atoms with van der Waals surface area (Å²) in [6.45, 7) is 0.674. The molecule has 6 heteroatoms. The summed E-state index contributed by atoms with van der Waals surface area (Å²) in [4.78, 5) is 12.9. The molecule has 138 valence electrons. The SMILES string of the molecule is O=C(Nc1cnn(-c2ccccc2Cl)c1)C1CCCOC1c1ccccc1. The Morgan fingerprint density at radius 2 is 1.93 bits per heavy atom. The van der Waals surface area contributed by atoms with Gasteiger partial charge >= 0.3 is 0 Å². The van der Waals surface area contributed by atoms with Gasteiger partial charge in [-0.25, -0.2) is 4.68 Å². The molecule has 2 aromatic carbocycles. The zero-order valence-electron chi connectivity index (χ0n) is 14.7. The Bertz CT molecular complexity index is 926. The number of anilines is 1. The molecule has 27 heavy (non-hydrogen) atoms. The summed E-state index contributed by atoms with van der Waals surface area (Å²) < 4.78 is 7.58. The zero-order valence-corrected chi connectivity index (χ0v) is 15.5. The summed E-state index contributed by atoms with van der Waals surface area (Å²) in [5.74, 6) is -0.285. The van der Waals surface area contributed by atoms with Gasteiger partial charge in [-0.15, -0.1) is 0 Å². The minimum atomic E-state index is -0.232. The maximum Gasteiger partial charge on any atom is 0.230 e. The molecule has 1 aliphatic rings. The highest BCUT2D eigenvalue weighted by molar-refractivity contribution is 6.32. The number of carbonyl (C=O) groups excluding carboxylic acids is 1. The van der Waals surface area contributed by atoms with E-state index in [0.717, 1.165) is 24.1 Å². The normalized spacial score (nSPS) is 19.6. The molecule has 2 atom stereocenters. The van der Waals surface area contributed by atoms with Crippen LogP contribution in [-0.2, 0) is 9.53 Å². The van der Waals surface area contributed by atoms with Crippen LogP contribution in [0, 0.1) is 5.92 Å². The number of hydrogen-bond acceptors (Lipinski definition) is 3. The minimum absolute atomic E-state index is 0.0535. The Labute approximate surface area is 162 Å². The lowest BCUT2D eigenvalue weighted by Crippen LogP contribution is -2.33. The molecule has 1 N–H and O–H groups in total. The van der Waals surface area contributed by atoms with E-state index in [2.05, 4.69) is 10.4 Å². The van der Waals surface area contributed by atoms with Crippen molar-refractivity contribution in [3.63, 3.8) is 0 Å². The molecule has 1 amide bonds. The molecule has 4 rings (SSSR count). The molecule has 1 aromatic heterocycles. The van der Waals surface area contributed by atoms with Crippen LogP contribution < -0.4 is 5.32 Å². The molecular weight excluding hydrogens is 362 g/mol. The van der Waals surface area contributed by atoms with E-state index < -0.39 is 0 Å². The van der Waals surface area contributed by atoms with Crippen molar-refractivity contribution in [1.29, 1.82) is 0 Å². The fraction of sp³-hybridized carbons (Fsp3) is 0.238. The lowest BCUT2D eigenvalue weighted by molar-refractivity contribution is -0.129. The fourth-order valence-corrected chi connectivity index (χ4v) is 3.63. The number of para-hydroxylation sites is 1. The summed E-state index contributed by atoms with van der Waals surface area (Å²) in [5.41, 5.74) is 2.43. The molecule has 1 aliphatic heterocycles. The van der Waals surface area contributed by atoms with E-state index in [1.54, 1.807) is 23.1 Å². The number of hydrogen-bond donors (Lipinski definition) is 1. The van der Waals surface area contributed by atoms with Crippen LogP contribution in [0.5, 0.6) is 0 Å². The third kappa shape index (κ3) is 3.89. The maximum absolute atomic E-state index is 12.9. The molecule has 2 unspecified atom stereocenters. The van der Waals surface area contributed by atoms with Gasteiger partial charge in [0.1, 0.15) is 0 Å². The summed E-state index contributed by atoms with van der Waals surface area (Å²) in [7, 11) is 0. The van der Waals surface area contributed by atoms with Gasteiger partial charge in [0.05, 0.1) is 40.8 Å². The third-order valence-corrected chi connectivity index (χ3v) is 5.06. The second kappa shape index (κ2) is 7.94. The Morgan fingerprint density at radius 1 is 1.15 bits per heavy atom.